The first-order valence-electron chi connectivity index (χ1n) is 11.2. The number of rotatable bonds is 6. The molecule has 7 heteroatoms. The van der Waals surface area contributed by atoms with Crippen molar-refractivity contribution in [1.29, 1.82) is 0 Å². The van der Waals surface area contributed by atoms with Crippen molar-refractivity contribution in [3.8, 4) is 0 Å². The van der Waals surface area contributed by atoms with Crippen molar-refractivity contribution < 1.29 is 4.79 Å². The molecule has 4 aromatic rings. The van der Waals surface area contributed by atoms with Crippen molar-refractivity contribution >= 4 is 44.5 Å². The Morgan fingerprint density at radius 3 is 2.72 bits per heavy atom. The molecule has 164 valence electrons. The van der Waals surface area contributed by atoms with E-state index in [1.54, 1.807) is 11.3 Å². The van der Waals surface area contributed by atoms with Crippen LogP contribution in [0, 0.1) is 6.92 Å². The second kappa shape index (κ2) is 9.46. The molecule has 1 aliphatic carbocycles. The van der Waals surface area contributed by atoms with Crippen molar-refractivity contribution in [3.05, 3.63) is 68.6 Å². The third-order valence-electron chi connectivity index (χ3n) is 6.12. The van der Waals surface area contributed by atoms with E-state index in [9.17, 15) is 4.79 Å². The molecule has 1 aliphatic rings. The lowest BCUT2D eigenvalue weighted by Gasteiger charge is -2.18. The fourth-order valence-electron chi connectivity index (χ4n) is 4.45. The number of anilines is 1. The van der Waals surface area contributed by atoms with Crippen molar-refractivity contribution in [3.63, 3.8) is 0 Å². The molecule has 2 aromatic carbocycles. The lowest BCUT2D eigenvalue weighted by Crippen LogP contribution is -2.14. The number of aryl methyl sites for hydroxylation is 1. The van der Waals surface area contributed by atoms with E-state index in [-0.39, 0.29) is 5.91 Å². The standard InChI is InChI=1S/C25H26N4OS2/c1-16-21(15-22(30)27-25-29-28-24(32-25)18-9-3-2-4-10-18)31-23(26-16)14-19-12-7-11-17-8-5-6-13-20(17)19/h5-8,11-13,18H,2-4,9-10,14-15H2,1H3,(H,27,29,30). The SMILES string of the molecule is Cc1nc(Cc2cccc3ccccc23)sc1CC(=O)Nc1nnc(C2CCCCC2)s1. The molecular formula is C25H26N4OS2. The maximum atomic E-state index is 12.7. The molecule has 5 rings (SSSR count). The Hall–Kier alpha value is -2.64. The molecular weight excluding hydrogens is 436 g/mol. The van der Waals surface area contributed by atoms with Gasteiger partial charge in [0.05, 0.1) is 17.1 Å². The van der Waals surface area contributed by atoms with Crippen LogP contribution in [0.15, 0.2) is 42.5 Å². The number of nitrogens with one attached hydrogen (secondary N) is 1. The highest BCUT2D eigenvalue weighted by Gasteiger charge is 2.21. The van der Waals surface area contributed by atoms with Gasteiger partial charge in [-0.15, -0.1) is 21.5 Å². The zero-order chi connectivity index (χ0) is 21.9. The van der Waals surface area contributed by atoms with Crippen LogP contribution in [-0.4, -0.2) is 21.1 Å². The smallest absolute Gasteiger partial charge is 0.231 e. The molecule has 1 amide bonds. The minimum absolute atomic E-state index is 0.0557. The second-order valence-corrected chi connectivity index (χ2v) is 10.6. The Morgan fingerprint density at radius 2 is 1.84 bits per heavy atom. The number of carbonyl (C=O) groups is 1. The van der Waals surface area contributed by atoms with E-state index in [1.165, 1.54) is 59.8 Å². The molecule has 0 bridgehead atoms. The summed E-state index contributed by atoms with van der Waals surface area (Å²) < 4.78 is 0. The highest BCUT2D eigenvalue weighted by molar-refractivity contribution is 7.15. The first-order valence-corrected chi connectivity index (χ1v) is 12.8. The number of amides is 1. The van der Waals surface area contributed by atoms with Crippen LogP contribution in [0.4, 0.5) is 5.13 Å². The Bertz CT molecular complexity index is 1230. The lowest BCUT2D eigenvalue weighted by molar-refractivity contribution is -0.115. The van der Waals surface area contributed by atoms with E-state index in [4.69, 9.17) is 4.98 Å². The van der Waals surface area contributed by atoms with E-state index >= 15 is 0 Å². The Balaban J connectivity index is 1.24. The van der Waals surface area contributed by atoms with Crippen molar-refractivity contribution in [1.82, 2.24) is 15.2 Å². The molecule has 2 heterocycles. The molecule has 0 radical (unpaired) electrons. The fraction of sp³-hybridized carbons (Fsp3) is 0.360. The molecule has 32 heavy (non-hydrogen) atoms. The van der Waals surface area contributed by atoms with Gasteiger partial charge in [0, 0.05) is 17.2 Å². The van der Waals surface area contributed by atoms with Crippen molar-refractivity contribution in [2.45, 2.75) is 57.8 Å². The van der Waals surface area contributed by atoms with Gasteiger partial charge in [0.25, 0.3) is 0 Å². The minimum Gasteiger partial charge on any atom is -0.300 e. The van der Waals surface area contributed by atoms with Gasteiger partial charge >= 0.3 is 0 Å². The third kappa shape index (κ3) is 4.74. The summed E-state index contributed by atoms with van der Waals surface area (Å²) in [4.78, 5) is 18.4. The predicted octanol–water partition coefficient (Wildman–Crippen LogP) is 6.28. The lowest BCUT2D eigenvalue weighted by atomic mass is 9.90. The highest BCUT2D eigenvalue weighted by Crippen LogP contribution is 2.35. The van der Waals surface area contributed by atoms with Crippen LogP contribution in [0.2, 0.25) is 0 Å². The summed E-state index contributed by atoms with van der Waals surface area (Å²) >= 11 is 3.15. The number of fused-ring (bicyclic) bond motifs is 1. The number of hydrogen-bond donors (Lipinski definition) is 1. The number of thiazole rings is 1. The normalized spacial score (nSPS) is 14.7. The molecule has 0 saturated heterocycles. The van der Waals surface area contributed by atoms with Gasteiger partial charge < -0.3 is 5.32 Å². The zero-order valence-corrected chi connectivity index (χ0v) is 19.8. The monoisotopic (exact) mass is 462 g/mol. The average Bonchev–Trinajstić information content (AvgIpc) is 3.41. The first kappa shape index (κ1) is 21.2. The number of benzene rings is 2. The van der Waals surface area contributed by atoms with Crippen molar-refractivity contribution in [2.75, 3.05) is 5.32 Å². The fourth-order valence-corrected chi connectivity index (χ4v) is 6.47. The Morgan fingerprint density at radius 1 is 1.03 bits per heavy atom. The van der Waals surface area contributed by atoms with Gasteiger partial charge in [0.1, 0.15) is 5.01 Å². The number of nitrogens with zero attached hydrogens (tertiary/aromatic N) is 3. The number of aromatic nitrogens is 3. The molecule has 1 N–H and O–H groups in total. The van der Waals surface area contributed by atoms with Gasteiger partial charge in [-0.05, 0) is 36.1 Å². The molecule has 1 fully saturated rings. The molecule has 0 atom stereocenters. The molecule has 0 unspecified atom stereocenters. The summed E-state index contributed by atoms with van der Waals surface area (Å²) in [6.45, 7) is 1.98. The topological polar surface area (TPSA) is 67.8 Å². The molecule has 1 saturated carbocycles. The van der Waals surface area contributed by atoms with Gasteiger partial charge in [-0.25, -0.2) is 4.98 Å². The van der Waals surface area contributed by atoms with E-state index in [1.807, 2.05) is 6.92 Å². The summed E-state index contributed by atoms with van der Waals surface area (Å²) in [6, 6.07) is 14.8. The maximum Gasteiger partial charge on any atom is 0.231 e. The van der Waals surface area contributed by atoms with Gasteiger partial charge in [0.15, 0.2) is 0 Å². The second-order valence-electron chi connectivity index (χ2n) is 8.44. The van der Waals surface area contributed by atoms with Crippen LogP contribution < -0.4 is 5.32 Å². The zero-order valence-electron chi connectivity index (χ0n) is 18.1. The van der Waals surface area contributed by atoms with Crippen LogP contribution >= 0.6 is 22.7 Å². The van der Waals surface area contributed by atoms with Gasteiger partial charge in [0.2, 0.25) is 11.0 Å². The first-order chi connectivity index (χ1) is 15.7. The van der Waals surface area contributed by atoms with E-state index in [2.05, 4.69) is 58.0 Å². The van der Waals surface area contributed by atoms with Crippen LogP contribution in [0.5, 0.6) is 0 Å². The molecule has 5 nitrogen and oxygen atoms in total. The average molecular weight is 463 g/mol. The Kier molecular flexibility index (Phi) is 6.28. The van der Waals surface area contributed by atoms with Crippen molar-refractivity contribution in [2.24, 2.45) is 0 Å². The predicted molar refractivity (Wildman–Crippen MR) is 132 cm³/mol. The van der Waals surface area contributed by atoms with E-state index in [0.717, 1.165) is 27.0 Å². The molecule has 0 aliphatic heterocycles. The summed E-state index contributed by atoms with van der Waals surface area (Å²) in [6.07, 6.45) is 7.29. The van der Waals surface area contributed by atoms with Gasteiger partial charge in [-0.2, -0.15) is 0 Å². The Labute approximate surface area is 195 Å². The summed E-state index contributed by atoms with van der Waals surface area (Å²) in [5.41, 5.74) is 2.19. The molecule has 2 aromatic heterocycles. The maximum absolute atomic E-state index is 12.7. The third-order valence-corrected chi connectivity index (χ3v) is 8.28. The van der Waals surface area contributed by atoms with Gasteiger partial charge in [-0.3, -0.25) is 4.79 Å². The van der Waals surface area contributed by atoms with Crippen LogP contribution in [-0.2, 0) is 17.6 Å². The summed E-state index contributed by atoms with van der Waals surface area (Å²) in [7, 11) is 0. The largest absolute Gasteiger partial charge is 0.300 e. The quantitative estimate of drug-likeness (QED) is 0.366. The van der Waals surface area contributed by atoms with Crippen LogP contribution in [0.3, 0.4) is 0 Å². The highest BCUT2D eigenvalue weighted by atomic mass is 32.1. The van der Waals surface area contributed by atoms with E-state index in [0.29, 0.717) is 17.5 Å². The number of hydrogen-bond acceptors (Lipinski definition) is 6. The van der Waals surface area contributed by atoms with E-state index < -0.39 is 0 Å². The summed E-state index contributed by atoms with van der Waals surface area (Å²) in [5.74, 6) is 0.451. The molecule has 0 spiro atoms. The van der Waals surface area contributed by atoms with Crippen LogP contribution in [0.1, 0.15) is 64.2 Å². The van der Waals surface area contributed by atoms with Gasteiger partial charge in [-0.1, -0.05) is 73.1 Å². The minimum atomic E-state index is -0.0557. The van der Waals surface area contributed by atoms with Crippen LogP contribution in [0.25, 0.3) is 10.8 Å². The summed E-state index contributed by atoms with van der Waals surface area (Å²) in [5, 5.41) is 16.7. The number of carbonyl (C=O) groups excluding carboxylic acids is 1.